The van der Waals surface area contributed by atoms with Gasteiger partial charge in [-0.15, -0.1) is 5.10 Å². The molecule has 2 aromatic rings. The minimum atomic E-state index is -0.173. The van der Waals surface area contributed by atoms with E-state index >= 15 is 0 Å². The zero-order valence-electron chi connectivity index (χ0n) is 12.6. The molecule has 0 radical (unpaired) electrons. The molecule has 1 saturated heterocycles. The fourth-order valence-electron chi connectivity index (χ4n) is 2.56. The number of aromatic nitrogens is 4. The summed E-state index contributed by atoms with van der Waals surface area (Å²) < 4.78 is 1.62. The molecule has 0 spiro atoms. The summed E-state index contributed by atoms with van der Waals surface area (Å²) in [5.74, 6) is 0.293. The Morgan fingerprint density at radius 1 is 1.50 bits per heavy atom. The van der Waals surface area contributed by atoms with Crippen molar-refractivity contribution < 1.29 is 4.79 Å². The van der Waals surface area contributed by atoms with Crippen molar-refractivity contribution in [3.63, 3.8) is 0 Å². The molecule has 2 atom stereocenters. The van der Waals surface area contributed by atoms with E-state index in [-0.39, 0.29) is 11.9 Å². The van der Waals surface area contributed by atoms with Crippen LogP contribution in [0.5, 0.6) is 0 Å². The minimum absolute atomic E-state index is 0.141. The highest BCUT2D eigenvalue weighted by Gasteiger charge is 2.24. The lowest BCUT2D eigenvalue weighted by Crippen LogP contribution is -2.50. The van der Waals surface area contributed by atoms with Crippen LogP contribution in [0.25, 0.3) is 0 Å². The Balaban J connectivity index is 1.61. The normalized spacial score (nSPS) is 21.5. The van der Waals surface area contributed by atoms with Crippen LogP contribution in [0.2, 0.25) is 0 Å². The topological polar surface area (TPSA) is 84.7 Å². The molecule has 1 aliphatic rings. The van der Waals surface area contributed by atoms with Crippen LogP contribution in [-0.2, 0) is 6.54 Å². The largest absolute Gasteiger partial charge is 0.346 e. The molecule has 1 amide bonds. The molecule has 0 bridgehead atoms. The molecule has 2 unspecified atom stereocenters. The lowest BCUT2D eigenvalue weighted by molar-refractivity contribution is 0.0910. The van der Waals surface area contributed by atoms with Crippen molar-refractivity contribution in [3.8, 4) is 0 Å². The molecule has 0 saturated carbocycles. The standard InChI is InChI=1S/C15H20N6O/c1-11-5-7-16-8-13(11)18-15(22)14-10-21(20-19-14)9-12-4-2-3-6-17-12/h2-4,6,10-11,13,16H,5,7-9H2,1H3,(H,18,22). The van der Waals surface area contributed by atoms with E-state index in [0.717, 1.165) is 25.2 Å². The summed E-state index contributed by atoms with van der Waals surface area (Å²) in [6.07, 6.45) is 4.46. The molecule has 116 valence electrons. The van der Waals surface area contributed by atoms with Gasteiger partial charge in [-0.25, -0.2) is 4.68 Å². The van der Waals surface area contributed by atoms with Gasteiger partial charge in [-0.2, -0.15) is 0 Å². The molecule has 3 rings (SSSR count). The van der Waals surface area contributed by atoms with Gasteiger partial charge in [0.2, 0.25) is 0 Å². The fraction of sp³-hybridized carbons (Fsp3) is 0.467. The number of pyridine rings is 1. The summed E-state index contributed by atoms with van der Waals surface area (Å²) in [6.45, 7) is 4.47. The Kier molecular flexibility index (Phi) is 4.43. The van der Waals surface area contributed by atoms with Gasteiger partial charge in [0.05, 0.1) is 18.4 Å². The summed E-state index contributed by atoms with van der Waals surface area (Å²) >= 11 is 0. The second kappa shape index (κ2) is 6.65. The van der Waals surface area contributed by atoms with Gasteiger partial charge in [0.25, 0.3) is 5.91 Å². The molecule has 7 heteroatoms. The number of amides is 1. The average molecular weight is 300 g/mol. The quantitative estimate of drug-likeness (QED) is 0.856. The SMILES string of the molecule is CC1CCNCC1NC(=O)c1cn(Cc2ccccn2)nn1. The van der Waals surface area contributed by atoms with Gasteiger partial charge in [-0.05, 0) is 31.0 Å². The molecule has 22 heavy (non-hydrogen) atoms. The van der Waals surface area contributed by atoms with E-state index in [1.807, 2.05) is 18.2 Å². The highest BCUT2D eigenvalue weighted by atomic mass is 16.2. The highest BCUT2D eigenvalue weighted by Crippen LogP contribution is 2.11. The van der Waals surface area contributed by atoms with Gasteiger partial charge in [0, 0.05) is 18.8 Å². The van der Waals surface area contributed by atoms with E-state index in [0.29, 0.717) is 18.2 Å². The third-order valence-electron chi connectivity index (χ3n) is 3.97. The summed E-state index contributed by atoms with van der Waals surface area (Å²) in [5.41, 5.74) is 1.22. The summed E-state index contributed by atoms with van der Waals surface area (Å²) in [6, 6.07) is 5.84. The van der Waals surface area contributed by atoms with E-state index in [1.165, 1.54) is 0 Å². The first-order valence-corrected chi connectivity index (χ1v) is 7.54. The monoisotopic (exact) mass is 300 g/mol. The van der Waals surface area contributed by atoms with Gasteiger partial charge in [-0.1, -0.05) is 18.2 Å². The van der Waals surface area contributed by atoms with Crippen LogP contribution in [0.4, 0.5) is 0 Å². The van der Waals surface area contributed by atoms with Crippen molar-refractivity contribution in [1.29, 1.82) is 0 Å². The van der Waals surface area contributed by atoms with Gasteiger partial charge < -0.3 is 10.6 Å². The molecule has 2 N–H and O–H groups in total. The highest BCUT2D eigenvalue weighted by molar-refractivity contribution is 5.92. The zero-order chi connectivity index (χ0) is 15.4. The summed E-state index contributed by atoms with van der Waals surface area (Å²) in [5, 5.41) is 14.3. The smallest absolute Gasteiger partial charge is 0.273 e. The zero-order valence-corrected chi connectivity index (χ0v) is 12.6. The van der Waals surface area contributed by atoms with Gasteiger partial charge in [0.15, 0.2) is 5.69 Å². The van der Waals surface area contributed by atoms with Crippen LogP contribution < -0.4 is 10.6 Å². The third kappa shape index (κ3) is 3.48. The Bertz CT molecular complexity index is 626. The lowest BCUT2D eigenvalue weighted by Gasteiger charge is -2.29. The van der Waals surface area contributed by atoms with Crippen molar-refractivity contribution >= 4 is 5.91 Å². The molecule has 2 aromatic heterocycles. The molecule has 0 aromatic carbocycles. The molecule has 3 heterocycles. The van der Waals surface area contributed by atoms with Crippen LogP contribution in [-0.4, -0.2) is 45.0 Å². The van der Waals surface area contributed by atoms with Crippen molar-refractivity contribution in [2.24, 2.45) is 5.92 Å². The summed E-state index contributed by atoms with van der Waals surface area (Å²) in [7, 11) is 0. The number of nitrogens with zero attached hydrogens (tertiary/aromatic N) is 4. The van der Waals surface area contributed by atoms with Gasteiger partial charge in [0.1, 0.15) is 0 Å². The number of rotatable bonds is 4. The predicted octanol–water partition coefficient (Wildman–Crippen LogP) is 0.449. The molecular weight excluding hydrogens is 280 g/mol. The average Bonchev–Trinajstić information content (AvgIpc) is 2.99. The first-order valence-electron chi connectivity index (χ1n) is 7.54. The van der Waals surface area contributed by atoms with E-state index in [1.54, 1.807) is 17.1 Å². The van der Waals surface area contributed by atoms with E-state index in [9.17, 15) is 4.79 Å². The molecule has 0 aliphatic carbocycles. The maximum atomic E-state index is 12.3. The molecular formula is C15H20N6O. The van der Waals surface area contributed by atoms with E-state index in [2.05, 4.69) is 32.9 Å². The maximum absolute atomic E-state index is 12.3. The van der Waals surface area contributed by atoms with Crippen molar-refractivity contribution in [2.75, 3.05) is 13.1 Å². The molecule has 1 aliphatic heterocycles. The Labute approximate surface area is 129 Å². The number of carbonyl (C=O) groups is 1. The lowest BCUT2D eigenvalue weighted by atomic mass is 9.95. The number of piperidine rings is 1. The Hall–Kier alpha value is -2.28. The fourth-order valence-corrected chi connectivity index (χ4v) is 2.56. The van der Waals surface area contributed by atoms with Crippen LogP contribution >= 0.6 is 0 Å². The van der Waals surface area contributed by atoms with E-state index < -0.39 is 0 Å². The third-order valence-corrected chi connectivity index (χ3v) is 3.97. The second-order valence-electron chi connectivity index (χ2n) is 5.67. The van der Waals surface area contributed by atoms with Gasteiger partial charge >= 0.3 is 0 Å². The molecule has 7 nitrogen and oxygen atoms in total. The number of hydrogen-bond acceptors (Lipinski definition) is 5. The van der Waals surface area contributed by atoms with Crippen LogP contribution in [0.3, 0.4) is 0 Å². The first kappa shape index (κ1) is 14.6. The van der Waals surface area contributed by atoms with Crippen molar-refractivity contribution in [3.05, 3.63) is 42.0 Å². The summed E-state index contributed by atoms with van der Waals surface area (Å²) in [4.78, 5) is 16.5. The first-order chi connectivity index (χ1) is 10.7. The maximum Gasteiger partial charge on any atom is 0.273 e. The van der Waals surface area contributed by atoms with Crippen LogP contribution in [0.1, 0.15) is 29.5 Å². The van der Waals surface area contributed by atoms with Crippen molar-refractivity contribution in [2.45, 2.75) is 25.9 Å². The van der Waals surface area contributed by atoms with Crippen LogP contribution in [0, 0.1) is 5.92 Å². The molecule has 1 fully saturated rings. The Morgan fingerprint density at radius 3 is 3.18 bits per heavy atom. The number of hydrogen-bond donors (Lipinski definition) is 2. The van der Waals surface area contributed by atoms with Crippen LogP contribution in [0.15, 0.2) is 30.6 Å². The number of carbonyl (C=O) groups excluding carboxylic acids is 1. The number of nitrogens with one attached hydrogen (secondary N) is 2. The van der Waals surface area contributed by atoms with Crippen molar-refractivity contribution in [1.82, 2.24) is 30.6 Å². The Morgan fingerprint density at radius 2 is 2.41 bits per heavy atom. The minimum Gasteiger partial charge on any atom is -0.346 e. The van der Waals surface area contributed by atoms with E-state index in [4.69, 9.17) is 0 Å². The van der Waals surface area contributed by atoms with Gasteiger partial charge in [-0.3, -0.25) is 9.78 Å². The second-order valence-corrected chi connectivity index (χ2v) is 5.67. The predicted molar refractivity (Wildman–Crippen MR) is 81.3 cm³/mol.